The number of aromatic nitrogens is 2. The van der Waals surface area contributed by atoms with Crippen LogP contribution in [0.3, 0.4) is 0 Å². The van der Waals surface area contributed by atoms with Gasteiger partial charge in [-0.25, -0.2) is 0 Å². The lowest BCUT2D eigenvalue weighted by atomic mass is 10.1. The molecule has 0 aliphatic rings. The Morgan fingerprint density at radius 1 is 1.50 bits per heavy atom. The Bertz CT molecular complexity index is 409. The van der Waals surface area contributed by atoms with Crippen LogP contribution < -0.4 is 5.73 Å². The second-order valence-corrected chi connectivity index (χ2v) is 3.41. The highest BCUT2D eigenvalue weighted by Crippen LogP contribution is 2.32. The molecule has 0 radical (unpaired) electrons. The van der Waals surface area contributed by atoms with Gasteiger partial charge >= 0.3 is 6.18 Å². The molecule has 7 heteroatoms. The molecule has 0 aliphatic heterocycles. The van der Waals surface area contributed by atoms with Crippen molar-refractivity contribution in [2.24, 2.45) is 12.8 Å². The molecule has 1 heterocycles. The molecule has 1 aromatic rings. The maximum absolute atomic E-state index is 12.6. The lowest BCUT2D eigenvalue weighted by molar-refractivity contribution is -0.141. The zero-order valence-corrected chi connectivity index (χ0v) is 8.93. The molecule has 0 saturated carbocycles. The van der Waals surface area contributed by atoms with Crippen LogP contribution in [-0.2, 0) is 19.6 Å². The molecule has 0 fully saturated rings. The van der Waals surface area contributed by atoms with Crippen molar-refractivity contribution in [3.63, 3.8) is 0 Å². The molecule has 90 valence electrons. The fraction of sp³-hybridized carbons (Fsp3) is 0.556. The Labute approximate surface area is 90.2 Å². The largest absolute Gasteiger partial charge is 0.435 e. The number of primary amides is 1. The first-order chi connectivity index (χ1) is 7.29. The van der Waals surface area contributed by atoms with E-state index in [-0.39, 0.29) is 5.69 Å². The molecular weight excluding hydrogens is 223 g/mol. The summed E-state index contributed by atoms with van der Waals surface area (Å²) < 4.78 is 38.7. The average Bonchev–Trinajstić information content (AvgIpc) is 2.44. The Kier molecular flexibility index (Phi) is 3.25. The molecule has 0 bridgehead atoms. The lowest BCUT2D eigenvalue weighted by Gasteiger charge is -2.04. The van der Waals surface area contributed by atoms with Gasteiger partial charge in [0.1, 0.15) is 0 Å². The predicted octanol–water partition coefficient (Wildman–Crippen LogP) is 1.49. The summed E-state index contributed by atoms with van der Waals surface area (Å²) in [5.41, 5.74) is 3.47. The lowest BCUT2D eigenvalue weighted by Crippen LogP contribution is -2.19. The summed E-state index contributed by atoms with van der Waals surface area (Å²) in [5.74, 6) is -1.09. The third-order valence-corrected chi connectivity index (χ3v) is 2.17. The highest BCUT2D eigenvalue weighted by molar-refractivity contribution is 5.95. The first-order valence-corrected chi connectivity index (χ1v) is 4.71. The van der Waals surface area contributed by atoms with Crippen molar-refractivity contribution in [3.8, 4) is 0 Å². The summed E-state index contributed by atoms with van der Waals surface area (Å²) in [5, 5.41) is 3.31. The minimum absolute atomic E-state index is 0.224. The number of alkyl halides is 3. The summed E-state index contributed by atoms with van der Waals surface area (Å²) in [6.45, 7) is 1.80. The number of nitrogens with zero attached hydrogens (tertiary/aromatic N) is 2. The number of carbonyl (C=O) groups is 1. The zero-order valence-electron chi connectivity index (χ0n) is 8.93. The van der Waals surface area contributed by atoms with Crippen molar-refractivity contribution < 1.29 is 18.0 Å². The van der Waals surface area contributed by atoms with Crippen molar-refractivity contribution in [1.29, 1.82) is 0 Å². The van der Waals surface area contributed by atoms with Gasteiger partial charge in [0, 0.05) is 7.05 Å². The molecule has 1 rings (SSSR count). The monoisotopic (exact) mass is 235 g/mol. The number of hydrogen-bond acceptors (Lipinski definition) is 2. The van der Waals surface area contributed by atoms with Gasteiger partial charge in [0.05, 0.1) is 11.3 Å². The van der Waals surface area contributed by atoms with E-state index >= 15 is 0 Å². The van der Waals surface area contributed by atoms with Crippen LogP contribution in [0.1, 0.15) is 35.1 Å². The molecular formula is C9H12F3N3O. The Hall–Kier alpha value is -1.53. The molecule has 0 aliphatic carbocycles. The van der Waals surface area contributed by atoms with Crippen LogP contribution in [0.5, 0.6) is 0 Å². The zero-order chi connectivity index (χ0) is 12.5. The SMILES string of the molecule is CCCc1c(C(N)=O)c(C(F)(F)F)nn1C. The van der Waals surface area contributed by atoms with Crippen molar-refractivity contribution in [3.05, 3.63) is 17.0 Å². The van der Waals surface area contributed by atoms with E-state index in [0.29, 0.717) is 12.8 Å². The molecule has 16 heavy (non-hydrogen) atoms. The molecule has 1 aromatic heterocycles. The van der Waals surface area contributed by atoms with Crippen LogP contribution in [-0.4, -0.2) is 15.7 Å². The first kappa shape index (κ1) is 12.5. The van der Waals surface area contributed by atoms with Crippen molar-refractivity contribution >= 4 is 5.91 Å². The van der Waals surface area contributed by atoms with Crippen molar-refractivity contribution in [1.82, 2.24) is 9.78 Å². The minimum atomic E-state index is -4.66. The third-order valence-electron chi connectivity index (χ3n) is 2.17. The van der Waals surface area contributed by atoms with Gasteiger partial charge in [-0.3, -0.25) is 9.48 Å². The van der Waals surface area contributed by atoms with E-state index in [1.807, 2.05) is 0 Å². The van der Waals surface area contributed by atoms with Crippen LogP contribution in [0.4, 0.5) is 13.2 Å². The van der Waals surface area contributed by atoms with E-state index < -0.39 is 23.3 Å². The highest BCUT2D eigenvalue weighted by Gasteiger charge is 2.40. The molecule has 0 aromatic carbocycles. The first-order valence-electron chi connectivity index (χ1n) is 4.71. The Balaban J connectivity index is 3.41. The van der Waals surface area contributed by atoms with Gasteiger partial charge in [-0.15, -0.1) is 0 Å². The smallest absolute Gasteiger partial charge is 0.365 e. The summed E-state index contributed by atoms with van der Waals surface area (Å²) in [6, 6.07) is 0. The van der Waals surface area contributed by atoms with Gasteiger partial charge in [-0.05, 0) is 6.42 Å². The third kappa shape index (κ3) is 2.17. The van der Waals surface area contributed by atoms with Gasteiger partial charge in [-0.2, -0.15) is 18.3 Å². The van der Waals surface area contributed by atoms with Crippen LogP contribution in [0.15, 0.2) is 0 Å². The molecule has 2 N–H and O–H groups in total. The summed E-state index contributed by atoms with van der Waals surface area (Å²) in [6.07, 6.45) is -3.72. The number of rotatable bonds is 3. The van der Waals surface area contributed by atoms with E-state index in [4.69, 9.17) is 5.73 Å². The second-order valence-electron chi connectivity index (χ2n) is 3.41. The molecule has 0 atom stereocenters. The average molecular weight is 235 g/mol. The van der Waals surface area contributed by atoms with Gasteiger partial charge in [0.2, 0.25) is 0 Å². The van der Waals surface area contributed by atoms with Gasteiger partial charge in [-0.1, -0.05) is 13.3 Å². The molecule has 1 amide bonds. The fourth-order valence-corrected chi connectivity index (χ4v) is 1.54. The maximum atomic E-state index is 12.6. The van der Waals surface area contributed by atoms with Gasteiger partial charge < -0.3 is 5.73 Å². The van der Waals surface area contributed by atoms with Gasteiger partial charge in [0.15, 0.2) is 5.69 Å². The number of hydrogen-bond donors (Lipinski definition) is 1. The van der Waals surface area contributed by atoms with Crippen LogP contribution >= 0.6 is 0 Å². The minimum Gasteiger partial charge on any atom is -0.365 e. The molecule has 4 nitrogen and oxygen atoms in total. The predicted molar refractivity (Wildman–Crippen MR) is 50.7 cm³/mol. The fourth-order valence-electron chi connectivity index (χ4n) is 1.54. The normalized spacial score (nSPS) is 11.8. The summed E-state index contributed by atoms with van der Waals surface area (Å²) in [4.78, 5) is 11.0. The molecule has 0 unspecified atom stereocenters. The standard InChI is InChI=1S/C9H12F3N3O/c1-3-4-5-6(8(13)16)7(9(10,11)12)14-15(5)2/h3-4H2,1-2H3,(H2,13,16). The summed E-state index contributed by atoms with van der Waals surface area (Å²) >= 11 is 0. The van der Waals surface area contributed by atoms with Crippen LogP contribution in [0.2, 0.25) is 0 Å². The summed E-state index contributed by atoms with van der Waals surface area (Å²) in [7, 11) is 1.37. The number of aryl methyl sites for hydroxylation is 1. The van der Waals surface area contributed by atoms with E-state index in [0.717, 1.165) is 4.68 Å². The topological polar surface area (TPSA) is 60.9 Å². The van der Waals surface area contributed by atoms with E-state index in [1.54, 1.807) is 6.92 Å². The van der Waals surface area contributed by atoms with Crippen molar-refractivity contribution in [2.75, 3.05) is 0 Å². The highest BCUT2D eigenvalue weighted by atomic mass is 19.4. The van der Waals surface area contributed by atoms with Crippen LogP contribution in [0.25, 0.3) is 0 Å². The van der Waals surface area contributed by atoms with Gasteiger partial charge in [0.25, 0.3) is 5.91 Å². The quantitative estimate of drug-likeness (QED) is 0.862. The number of carbonyl (C=O) groups excluding carboxylic acids is 1. The van der Waals surface area contributed by atoms with E-state index in [9.17, 15) is 18.0 Å². The Morgan fingerprint density at radius 2 is 2.06 bits per heavy atom. The second kappa shape index (κ2) is 4.15. The van der Waals surface area contributed by atoms with Crippen molar-refractivity contribution in [2.45, 2.75) is 25.9 Å². The molecule has 0 spiro atoms. The number of nitrogens with two attached hydrogens (primary N) is 1. The van der Waals surface area contributed by atoms with E-state index in [1.165, 1.54) is 7.05 Å². The maximum Gasteiger partial charge on any atom is 0.435 e. The Morgan fingerprint density at radius 3 is 2.44 bits per heavy atom. The van der Waals surface area contributed by atoms with Crippen LogP contribution in [0, 0.1) is 0 Å². The number of amides is 1. The number of halogens is 3. The van der Waals surface area contributed by atoms with E-state index in [2.05, 4.69) is 5.10 Å². The molecule has 0 saturated heterocycles.